The smallest absolute Gasteiger partial charge is 0.0499 e. The summed E-state index contributed by atoms with van der Waals surface area (Å²) in [6.45, 7) is 9.30. The predicted molar refractivity (Wildman–Crippen MR) is 76.5 cm³/mol. The minimum Gasteiger partial charge on any atom is -0.381 e. The van der Waals surface area contributed by atoms with Crippen molar-refractivity contribution in [3.05, 3.63) is 0 Å². The summed E-state index contributed by atoms with van der Waals surface area (Å²) in [6.07, 6.45) is 6.76. The maximum absolute atomic E-state index is 5.70. The van der Waals surface area contributed by atoms with Crippen molar-refractivity contribution in [1.82, 2.24) is 0 Å². The summed E-state index contributed by atoms with van der Waals surface area (Å²) in [6, 6.07) is 0. The van der Waals surface area contributed by atoms with E-state index in [0.717, 1.165) is 31.0 Å². The lowest BCUT2D eigenvalue weighted by Gasteiger charge is -2.47. The van der Waals surface area contributed by atoms with Gasteiger partial charge in [0.1, 0.15) is 0 Å². The zero-order chi connectivity index (χ0) is 12.5. The molecule has 1 saturated heterocycles. The molecule has 2 heteroatoms. The molecule has 17 heavy (non-hydrogen) atoms. The van der Waals surface area contributed by atoms with Gasteiger partial charge in [0.15, 0.2) is 0 Å². The van der Waals surface area contributed by atoms with E-state index >= 15 is 0 Å². The first-order chi connectivity index (χ1) is 8.01. The summed E-state index contributed by atoms with van der Waals surface area (Å²) in [5.74, 6) is 2.48. The van der Waals surface area contributed by atoms with Gasteiger partial charge >= 0.3 is 0 Å². The van der Waals surface area contributed by atoms with Crippen LogP contribution in [0.25, 0.3) is 0 Å². The highest BCUT2D eigenvalue weighted by atomic mass is 79.9. The van der Waals surface area contributed by atoms with Crippen LogP contribution in [0.3, 0.4) is 0 Å². The summed E-state index contributed by atoms with van der Waals surface area (Å²) >= 11 is 3.96. The first kappa shape index (κ1) is 13.9. The molecule has 0 amide bonds. The van der Waals surface area contributed by atoms with Crippen molar-refractivity contribution < 1.29 is 4.74 Å². The topological polar surface area (TPSA) is 9.23 Å². The van der Waals surface area contributed by atoms with Gasteiger partial charge in [-0.05, 0) is 48.9 Å². The van der Waals surface area contributed by atoms with Gasteiger partial charge in [-0.3, -0.25) is 0 Å². The van der Waals surface area contributed by atoms with Gasteiger partial charge in [0.2, 0.25) is 0 Å². The van der Waals surface area contributed by atoms with Crippen LogP contribution < -0.4 is 0 Å². The van der Waals surface area contributed by atoms with Crippen molar-refractivity contribution in [2.24, 2.45) is 23.2 Å². The third-order valence-electron chi connectivity index (χ3n) is 5.20. The third kappa shape index (κ3) is 3.07. The molecule has 0 N–H and O–H groups in total. The number of ether oxygens (including phenoxy) is 1. The average molecular weight is 303 g/mol. The van der Waals surface area contributed by atoms with Crippen LogP contribution in [0.2, 0.25) is 0 Å². The fourth-order valence-corrected chi connectivity index (χ4v) is 5.36. The molecule has 1 nitrogen and oxygen atoms in total. The molecule has 0 aromatic heterocycles. The Kier molecular flexibility index (Phi) is 4.57. The van der Waals surface area contributed by atoms with Crippen molar-refractivity contribution in [2.45, 2.75) is 57.7 Å². The molecule has 1 heterocycles. The summed E-state index contributed by atoms with van der Waals surface area (Å²) in [5.41, 5.74) is 0.425. The second kappa shape index (κ2) is 5.61. The van der Waals surface area contributed by atoms with Crippen LogP contribution in [0.15, 0.2) is 0 Å². The van der Waals surface area contributed by atoms with Crippen molar-refractivity contribution in [3.63, 3.8) is 0 Å². The SMILES string of the molecule is CC1CCC(C(C)(C)C2CCCOC2)C(Br)C1. The van der Waals surface area contributed by atoms with E-state index in [4.69, 9.17) is 4.74 Å². The summed E-state index contributed by atoms with van der Waals surface area (Å²) in [7, 11) is 0. The van der Waals surface area contributed by atoms with E-state index in [-0.39, 0.29) is 0 Å². The van der Waals surface area contributed by atoms with Gasteiger partial charge in [-0.15, -0.1) is 0 Å². The molecule has 0 bridgehead atoms. The fraction of sp³-hybridized carbons (Fsp3) is 1.00. The lowest BCUT2D eigenvalue weighted by molar-refractivity contribution is -0.0282. The second-order valence-electron chi connectivity index (χ2n) is 6.78. The number of hydrogen-bond donors (Lipinski definition) is 0. The van der Waals surface area contributed by atoms with Crippen LogP contribution >= 0.6 is 15.9 Å². The van der Waals surface area contributed by atoms with Crippen molar-refractivity contribution in [2.75, 3.05) is 13.2 Å². The summed E-state index contributed by atoms with van der Waals surface area (Å²) in [5, 5.41) is 0. The highest BCUT2D eigenvalue weighted by Crippen LogP contribution is 2.49. The van der Waals surface area contributed by atoms with Crippen LogP contribution in [0, 0.1) is 23.2 Å². The molecule has 1 aliphatic carbocycles. The van der Waals surface area contributed by atoms with Gasteiger partial charge in [-0.2, -0.15) is 0 Å². The molecule has 1 saturated carbocycles. The van der Waals surface area contributed by atoms with Crippen LogP contribution in [0.5, 0.6) is 0 Å². The monoisotopic (exact) mass is 302 g/mol. The number of rotatable bonds is 2. The average Bonchev–Trinajstić information content (AvgIpc) is 2.29. The molecule has 2 aliphatic rings. The quantitative estimate of drug-likeness (QED) is 0.675. The Morgan fingerprint density at radius 1 is 1.18 bits per heavy atom. The van der Waals surface area contributed by atoms with E-state index in [2.05, 4.69) is 36.7 Å². The lowest BCUT2D eigenvalue weighted by Crippen LogP contribution is -2.43. The van der Waals surface area contributed by atoms with Crippen LogP contribution in [-0.2, 0) is 4.74 Å². The highest BCUT2D eigenvalue weighted by molar-refractivity contribution is 9.09. The van der Waals surface area contributed by atoms with Crippen LogP contribution in [0.4, 0.5) is 0 Å². The Bertz CT molecular complexity index is 245. The largest absolute Gasteiger partial charge is 0.381 e. The van der Waals surface area contributed by atoms with Crippen LogP contribution in [-0.4, -0.2) is 18.0 Å². The molecule has 0 spiro atoms. The number of hydrogen-bond acceptors (Lipinski definition) is 1. The Hall–Kier alpha value is 0.440. The van der Waals surface area contributed by atoms with Crippen molar-refractivity contribution >= 4 is 15.9 Å². The zero-order valence-corrected chi connectivity index (χ0v) is 13.1. The van der Waals surface area contributed by atoms with Crippen molar-refractivity contribution in [3.8, 4) is 0 Å². The van der Waals surface area contributed by atoms with Gasteiger partial charge < -0.3 is 4.74 Å². The van der Waals surface area contributed by atoms with E-state index in [0.29, 0.717) is 10.2 Å². The molecule has 2 fully saturated rings. The van der Waals surface area contributed by atoms with Gasteiger partial charge in [-0.1, -0.05) is 43.1 Å². The molecular formula is C15H27BrO. The molecule has 100 valence electrons. The molecule has 0 radical (unpaired) electrons. The Balaban J connectivity index is 2.02. The number of alkyl halides is 1. The molecule has 4 atom stereocenters. The molecule has 0 aromatic rings. The standard InChI is InChI=1S/C15H27BrO/c1-11-6-7-13(14(16)9-11)15(2,3)12-5-4-8-17-10-12/h11-14H,4-10H2,1-3H3. The Morgan fingerprint density at radius 2 is 1.94 bits per heavy atom. The predicted octanol–water partition coefficient (Wildman–Crippen LogP) is 4.64. The minimum atomic E-state index is 0.425. The summed E-state index contributed by atoms with van der Waals surface area (Å²) < 4.78 is 5.70. The molecular weight excluding hydrogens is 276 g/mol. The van der Waals surface area contributed by atoms with Gasteiger partial charge in [0, 0.05) is 18.0 Å². The first-order valence-electron chi connectivity index (χ1n) is 7.23. The van der Waals surface area contributed by atoms with Crippen molar-refractivity contribution in [1.29, 1.82) is 0 Å². The van der Waals surface area contributed by atoms with E-state index < -0.39 is 0 Å². The molecule has 2 rings (SSSR count). The maximum Gasteiger partial charge on any atom is 0.0499 e. The normalized spacial score (nSPS) is 40.2. The van der Waals surface area contributed by atoms with Crippen LogP contribution in [0.1, 0.15) is 52.9 Å². The van der Waals surface area contributed by atoms with E-state index in [1.54, 1.807) is 0 Å². The number of halogens is 1. The molecule has 4 unspecified atom stereocenters. The summed E-state index contributed by atoms with van der Waals surface area (Å²) in [4.78, 5) is 0.711. The molecule has 0 aromatic carbocycles. The fourth-order valence-electron chi connectivity index (χ4n) is 3.78. The zero-order valence-electron chi connectivity index (χ0n) is 11.5. The van der Waals surface area contributed by atoms with E-state index in [1.807, 2.05) is 0 Å². The van der Waals surface area contributed by atoms with Gasteiger partial charge in [-0.25, -0.2) is 0 Å². The minimum absolute atomic E-state index is 0.425. The van der Waals surface area contributed by atoms with E-state index in [9.17, 15) is 0 Å². The first-order valence-corrected chi connectivity index (χ1v) is 8.15. The van der Waals surface area contributed by atoms with Gasteiger partial charge in [0.25, 0.3) is 0 Å². The highest BCUT2D eigenvalue weighted by Gasteiger charge is 2.42. The second-order valence-corrected chi connectivity index (χ2v) is 7.95. The van der Waals surface area contributed by atoms with Gasteiger partial charge in [0.05, 0.1) is 0 Å². The third-order valence-corrected chi connectivity index (χ3v) is 6.21. The van der Waals surface area contributed by atoms with E-state index in [1.165, 1.54) is 32.1 Å². The Labute approximate surface area is 115 Å². The Morgan fingerprint density at radius 3 is 2.53 bits per heavy atom. The maximum atomic E-state index is 5.70. The lowest BCUT2D eigenvalue weighted by atomic mass is 9.62. The molecule has 1 aliphatic heterocycles.